The van der Waals surface area contributed by atoms with Gasteiger partial charge in [-0.2, -0.15) is 13.2 Å². The number of hydrogen-bond donors (Lipinski definition) is 1. The van der Waals surface area contributed by atoms with E-state index in [0.29, 0.717) is 6.42 Å². The Morgan fingerprint density at radius 3 is 2.27 bits per heavy atom. The number of likely N-dealkylation sites (N-methyl/N-ethyl adjacent to an activating group) is 1. The van der Waals surface area contributed by atoms with E-state index in [1.165, 1.54) is 18.7 Å². The van der Waals surface area contributed by atoms with Gasteiger partial charge in [-0.3, -0.25) is 4.79 Å². The molecule has 0 fully saturated rings. The number of aryl methyl sites for hydroxylation is 1. The van der Waals surface area contributed by atoms with Gasteiger partial charge in [-0.25, -0.2) is 0 Å². The lowest BCUT2D eigenvalue weighted by Gasteiger charge is -2.13. The summed E-state index contributed by atoms with van der Waals surface area (Å²) >= 11 is 0. The Balaban J connectivity index is 1.86. The quantitative estimate of drug-likeness (QED) is 0.618. The van der Waals surface area contributed by atoms with Crippen LogP contribution in [0.3, 0.4) is 0 Å². The van der Waals surface area contributed by atoms with Crippen molar-refractivity contribution in [3.05, 3.63) is 53.6 Å². The number of carbonyl (C=O) groups excluding carboxylic acids is 1. The van der Waals surface area contributed by atoms with E-state index in [4.69, 9.17) is 9.47 Å². The molecule has 0 heterocycles. The minimum Gasteiger partial charge on any atom is -0.493 e. The van der Waals surface area contributed by atoms with Crippen LogP contribution >= 0.6 is 0 Å². The second-order valence-corrected chi connectivity index (χ2v) is 7.19. The summed E-state index contributed by atoms with van der Waals surface area (Å²) in [6.45, 7) is -0.436. The van der Waals surface area contributed by atoms with Gasteiger partial charge < -0.3 is 19.7 Å². The van der Waals surface area contributed by atoms with Crippen LogP contribution in [0.5, 0.6) is 11.5 Å². The molecule has 2 rings (SSSR count). The van der Waals surface area contributed by atoms with Crippen molar-refractivity contribution >= 4 is 11.6 Å². The first-order valence-corrected chi connectivity index (χ1v) is 9.56. The number of nitrogens with one attached hydrogen (secondary N) is 1. The summed E-state index contributed by atoms with van der Waals surface area (Å²) in [5, 5.41) is 2.85. The highest BCUT2D eigenvalue weighted by Gasteiger charge is 2.29. The molecule has 5 nitrogen and oxygen atoms in total. The van der Waals surface area contributed by atoms with Crippen molar-refractivity contribution in [2.75, 3.05) is 39.7 Å². The number of halogens is 3. The normalized spacial score (nSPS) is 11.4. The van der Waals surface area contributed by atoms with Crippen LogP contribution in [-0.4, -0.2) is 51.3 Å². The van der Waals surface area contributed by atoms with E-state index in [9.17, 15) is 18.0 Å². The van der Waals surface area contributed by atoms with Crippen LogP contribution in [0.4, 0.5) is 18.9 Å². The third kappa shape index (κ3) is 8.32. The van der Waals surface area contributed by atoms with Crippen LogP contribution in [0.15, 0.2) is 42.5 Å². The molecule has 0 bridgehead atoms. The molecule has 0 aromatic heterocycles. The van der Waals surface area contributed by atoms with Gasteiger partial charge in [0.1, 0.15) is 0 Å². The molecular weight excluding hydrogens is 397 g/mol. The van der Waals surface area contributed by atoms with Crippen molar-refractivity contribution in [1.29, 1.82) is 0 Å². The first-order valence-electron chi connectivity index (χ1n) is 9.56. The fourth-order valence-electron chi connectivity index (χ4n) is 2.74. The Hall–Kier alpha value is -2.74. The molecule has 1 N–H and O–H groups in total. The lowest BCUT2D eigenvalue weighted by Crippen LogP contribution is -2.19. The fraction of sp³-hybridized carbons (Fsp3) is 0.409. The van der Waals surface area contributed by atoms with Gasteiger partial charge in [0.15, 0.2) is 18.1 Å². The van der Waals surface area contributed by atoms with Crippen molar-refractivity contribution in [3.63, 3.8) is 0 Å². The Labute approximate surface area is 174 Å². The molecule has 0 aliphatic heterocycles. The van der Waals surface area contributed by atoms with Gasteiger partial charge in [0.05, 0.1) is 7.11 Å². The highest BCUT2D eigenvalue weighted by molar-refractivity contribution is 5.90. The van der Waals surface area contributed by atoms with Gasteiger partial charge in [0.2, 0.25) is 5.91 Å². The lowest BCUT2D eigenvalue weighted by atomic mass is 10.1. The van der Waals surface area contributed by atoms with Crippen molar-refractivity contribution in [1.82, 2.24) is 4.90 Å². The number of rotatable bonds is 10. The van der Waals surface area contributed by atoms with E-state index >= 15 is 0 Å². The second-order valence-electron chi connectivity index (χ2n) is 7.19. The number of nitrogens with zero attached hydrogens (tertiary/aromatic N) is 1. The molecule has 0 aliphatic carbocycles. The summed E-state index contributed by atoms with van der Waals surface area (Å²) in [6.07, 6.45) is -2.84. The van der Waals surface area contributed by atoms with E-state index in [1.54, 1.807) is 12.1 Å². The Morgan fingerprint density at radius 1 is 1.00 bits per heavy atom. The number of alkyl halides is 3. The summed E-state index contributed by atoms with van der Waals surface area (Å²) in [7, 11) is 5.40. The average molecular weight is 424 g/mol. The van der Waals surface area contributed by atoms with Gasteiger partial charge in [0.25, 0.3) is 0 Å². The highest BCUT2D eigenvalue weighted by atomic mass is 19.4. The maximum Gasteiger partial charge on any atom is 0.422 e. The highest BCUT2D eigenvalue weighted by Crippen LogP contribution is 2.30. The Morgan fingerprint density at radius 2 is 1.67 bits per heavy atom. The summed E-state index contributed by atoms with van der Waals surface area (Å²) in [5.41, 5.74) is 2.68. The topological polar surface area (TPSA) is 50.8 Å². The largest absolute Gasteiger partial charge is 0.493 e. The number of benzene rings is 2. The minimum absolute atomic E-state index is 0.0115. The predicted molar refractivity (Wildman–Crippen MR) is 110 cm³/mol. The molecule has 0 saturated carbocycles. The van der Waals surface area contributed by atoms with Crippen molar-refractivity contribution in [2.45, 2.75) is 25.4 Å². The van der Waals surface area contributed by atoms with Gasteiger partial charge in [-0.1, -0.05) is 18.2 Å². The summed E-state index contributed by atoms with van der Waals surface area (Å²) in [4.78, 5) is 14.3. The van der Waals surface area contributed by atoms with Crippen LogP contribution in [0.2, 0.25) is 0 Å². The third-order valence-corrected chi connectivity index (χ3v) is 4.35. The van der Waals surface area contributed by atoms with Crippen LogP contribution in [0, 0.1) is 0 Å². The monoisotopic (exact) mass is 424 g/mol. The Kier molecular flexibility index (Phi) is 8.53. The number of hydrogen-bond acceptors (Lipinski definition) is 4. The maximum atomic E-state index is 12.3. The van der Waals surface area contributed by atoms with Crippen LogP contribution in [0.25, 0.3) is 0 Å². The van der Waals surface area contributed by atoms with Gasteiger partial charge >= 0.3 is 6.18 Å². The standard InChI is InChI=1S/C22H27F3N2O3/c1-27(2)13-12-16-4-8-18(9-5-16)26-21(28)11-7-17-6-10-19(20(14-17)29-3)30-15-22(23,24)25/h4-6,8-10,14H,7,11-13,15H2,1-3H3,(H,26,28). The molecule has 0 saturated heterocycles. The first-order chi connectivity index (χ1) is 14.2. The number of carbonyl (C=O) groups is 1. The van der Waals surface area contributed by atoms with E-state index in [1.807, 2.05) is 38.4 Å². The third-order valence-electron chi connectivity index (χ3n) is 4.35. The van der Waals surface area contributed by atoms with Crippen molar-refractivity contribution in [2.24, 2.45) is 0 Å². The molecule has 0 spiro atoms. The van der Waals surface area contributed by atoms with Gasteiger partial charge in [0, 0.05) is 18.7 Å². The molecule has 0 atom stereocenters. The number of methoxy groups -OCH3 is 1. The minimum atomic E-state index is -4.42. The van der Waals surface area contributed by atoms with Crippen molar-refractivity contribution in [3.8, 4) is 11.5 Å². The molecule has 8 heteroatoms. The molecule has 164 valence electrons. The Bertz CT molecular complexity index is 821. The second kappa shape index (κ2) is 10.9. The molecule has 0 unspecified atom stereocenters. The zero-order valence-electron chi connectivity index (χ0n) is 17.4. The smallest absolute Gasteiger partial charge is 0.422 e. The van der Waals surface area contributed by atoms with Crippen molar-refractivity contribution < 1.29 is 27.4 Å². The number of anilines is 1. The van der Waals surface area contributed by atoms with Gasteiger partial charge in [-0.15, -0.1) is 0 Å². The molecule has 0 radical (unpaired) electrons. The van der Waals surface area contributed by atoms with Gasteiger partial charge in [-0.05, 0) is 62.3 Å². The SMILES string of the molecule is COc1cc(CCC(=O)Nc2ccc(CCN(C)C)cc2)ccc1OCC(F)(F)F. The molecule has 2 aromatic rings. The fourth-order valence-corrected chi connectivity index (χ4v) is 2.74. The molecule has 2 aromatic carbocycles. The van der Waals surface area contributed by atoms with Crippen LogP contribution in [-0.2, 0) is 17.6 Å². The number of ether oxygens (including phenoxy) is 2. The predicted octanol–water partition coefficient (Wildman–Crippen LogP) is 4.31. The molecule has 0 aliphatic rings. The summed E-state index contributed by atoms with van der Waals surface area (Å²) in [6, 6.07) is 12.4. The van der Waals surface area contributed by atoms with Crippen LogP contribution in [0.1, 0.15) is 17.5 Å². The maximum absolute atomic E-state index is 12.3. The summed E-state index contributed by atoms with van der Waals surface area (Å²) in [5.74, 6) is 0.0651. The number of amides is 1. The summed E-state index contributed by atoms with van der Waals surface area (Å²) < 4.78 is 46.8. The van der Waals surface area contributed by atoms with E-state index in [-0.39, 0.29) is 23.8 Å². The zero-order chi connectivity index (χ0) is 22.1. The molecular formula is C22H27F3N2O3. The lowest BCUT2D eigenvalue weighted by molar-refractivity contribution is -0.153. The molecule has 30 heavy (non-hydrogen) atoms. The average Bonchev–Trinajstić information content (AvgIpc) is 2.69. The van der Waals surface area contributed by atoms with E-state index in [2.05, 4.69) is 10.2 Å². The van der Waals surface area contributed by atoms with Crippen LogP contribution < -0.4 is 14.8 Å². The van der Waals surface area contributed by atoms with E-state index in [0.717, 1.165) is 24.2 Å². The van der Waals surface area contributed by atoms with E-state index < -0.39 is 12.8 Å². The first kappa shape index (κ1) is 23.5. The molecule has 1 amide bonds. The zero-order valence-corrected chi connectivity index (χ0v) is 17.4.